The number of aromatic nitrogens is 2. The highest BCUT2D eigenvalue weighted by molar-refractivity contribution is 5.02. The van der Waals surface area contributed by atoms with Crippen molar-refractivity contribution in [2.75, 3.05) is 0 Å². The minimum Gasteiger partial charge on any atom is -0.339 e. The first-order valence-corrected chi connectivity index (χ1v) is 7.31. The van der Waals surface area contributed by atoms with Gasteiger partial charge in [-0.2, -0.15) is 4.98 Å². The Morgan fingerprint density at radius 3 is 2.44 bits per heavy atom. The van der Waals surface area contributed by atoms with Crippen LogP contribution in [0.1, 0.15) is 75.4 Å². The maximum absolute atomic E-state index is 5.93. The van der Waals surface area contributed by atoms with Gasteiger partial charge in [0.25, 0.3) is 0 Å². The van der Waals surface area contributed by atoms with Crippen molar-refractivity contribution in [1.82, 2.24) is 10.1 Å². The quantitative estimate of drug-likeness (QED) is 0.875. The van der Waals surface area contributed by atoms with Crippen molar-refractivity contribution in [3.8, 4) is 0 Å². The smallest absolute Gasteiger partial charge is 0.229 e. The molecule has 0 aromatic carbocycles. The van der Waals surface area contributed by atoms with E-state index in [9.17, 15) is 0 Å². The molecule has 1 heterocycles. The van der Waals surface area contributed by atoms with E-state index in [0.717, 1.165) is 43.3 Å². The van der Waals surface area contributed by atoms with Crippen molar-refractivity contribution < 1.29 is 4.52 Å². The van der Waals surface area contributed by atoms with Crippen LogP contribution >= 0.6 is 0 Å². The third kappa shape index (κ3) is 2.44. The van der Waals surface area contributed by atoms with Gasteiger partial charge < -0.3 is 10.3 Å². The molecular formula is C14H23N3O. The van der Waals surface area contributed by atoms with Crippen molar-refractivity contribution in [3.63, 3.8) is 0 Å². The normalized spacial score (nSPS) is 37.0. The first-order valence-electron chi connectivity index (χ1n) is 7.31. The Labute approximate surface area is 108 Å². The molecule has 1 aromatic rings. The van der Waals surface area contributed by atoms with Crippen LogP contribution in [0.2, 0.25) is 0 Å². The fourth-order valence-electron chi connectivity index (χ4n) is 3.39. The second kappa shape index (κ2) is 5.00. The molecule has 2 saturated carbocycles. The van der Waals surface area contributed by atoms with E-state index in [2.05, 4.69) is 17.1 Å². The summed E-state index contributed by atoms with van der Waals surface area (Å²) in [7, 11) is 0. The molecular weight excluding hydrogens is 226 g/mol. The summed E-state index contributed by atoms with van der Waals surface area (Å²) < 4.78 is 5.49. The van der Waals surface area contributed by atoms with Crippen LogP contribution in [0, 0.1) is 5.92 Å². The maximum Gasteiger partial charge on any atom is 0.229 e. The molecule has 2 N–H and O–H groups in total. The molecule has 0 saturated heterocycles. The van der Waals surface area contributed by atoms with Gasteiger partial charge in [-0.15, -0.1) is 0 Å². The van der Waals surface area contributed by atoms with Crippen LogP contribution in [0.15, 0.2) is 4.52 Å². The van der Waals surface area contributed by atoms with Crippen molar-refractivity contribution in [2.24, 2.45) is 11.7 Å². The third-order valence-electron chi connectivity index (χ3n) is 4.64. The van der Waals surface area contributed by atoms with Gasteiger partial charge in [0.1, 0.15) is 0 Å². The van der Waals surface area contributed by atoms with Crippen molar-refractivity contribution in [1.29, 1.82) is 0 Å². The SMILES string of the molecule is CC1CCC(c2noc(C3CCC(N)CC3)n2)C1. The molecule has 0 bridgehead atoms. The number of rotatable bonds is 2. The van der Waals surface area contributed by atoms with Gasteiger partial charge in [0.2, 0.25) is 5.89 Å². The number of hydrogen-bond acceptors (Lipinski definition) is 4. The standard InChI is InChI=1S/C14H23N3O/c1-9-2-3-11(8-9)13-16-14(18-17-13)10-4-6-12(15)7-5-10/h9-12H,2-8,15H2,1H3. The Bertz CT molecular complexity index is 395. The summed E-state index contributed by atoms with van der Waals surface area (Å²) in [5.74, 6) is 3.60. The predicted octanol–water partition coefficient (Wildman–Crippen LogP) is 2.96. The molecule has 0 aliphatic heterocycles. The number of nitrogens with two attached hydrogens (primary N) is 1. The topological polar surface area (TPSA) is 64.9 Å². The van der Waals surface area contributed by atoms with Gasteiger partial charge in [-0.25, -0.2) is 0 Å². The molecule has 2 aliphatic carbocycles. The zero-order valence-corrected chi connectivity index (χ0v) is 11.1. The van der Waals surface area contributed by atoms with Gasteiger partial charge in [-0.05, 0) is 50.9 Å². The Hall–Kier alpha value is -0.900. The lowest BCUT2D eigenvalue weighted by Gasteiger charge is -2.22. The first kappa shape index (κ1) is 12.2. The van der Waals surface area contributed by atoms with E-state index in [0.29, 0.717) is 17.9 Å². The average Bonchev–Trinajstić information content (AvgIpc) is 2.98. The predicted molar refractivity (Wildman–Crippen MR) is 69.2 cm³/mol. The minimum atomic E-state index is 0.374. The molecule has 4 nitrogen and oxygen atoms in total. The van der Waals surface area contributed by atoms with E-state index in [1.165, 1.54) is 19.3 Å². The summed E-state index contributed by atoms with van der Waals surface area (Å²) >= 11 is 0. The summed E-state index contributed by atoms with van der Waals surface area (Å²) in [6.45, 7) is 2.31. The molecule has 0 radical (unpaired) electrons. The van der Waals surface area contributed by atoms with Gasteiger partial charge in [0, 0.05) is 17.9 Å². The van der Waals surface area contributed by atoms with Gasteiger partial charge in [0.15, 0.2) is 5.82 Å². The van der Waals surface area contributed by atoms with Crippen LogP contribution in [0.4, 0.5) is 0 Å². The van der Waals surface area contributed by atoms with Crippen molar-refractivity contribution in [3.05, 3.63) is 11.7 Å². The summed E-state index contributed by atoms with van der Waals surface area (Å²) in [5.41, 5.74) is 5.93. The Balaban J connectivity index is 1.66. The van der Waals surface area contributed by atoms with E-state index >= 15 is 0 Å². The Kier molecular flexibility index (Phi) is 3.37. The number of nitrogens with zero attached hydrogens (tertiary/aromatic N) is 2. The monoisotopic (exact) mass is 249 g/mol. The lowest BCUT2D eigenvalue weighted by molar-refractivity contribution is 0.299. The molecule has 2 unspecified atom stereocenters. The van der Waals surface area contributed by atoms with Gasteiger partial charge in [0.05, 0.1) is 0 Å². The second-order valence-electron chi connectivity index (χ2n) is 6.22. The van der Waals surface area contributed by atoms with Crippen molar-refractivity contribution >= 4 is 0 Å². The largest absolute Gasteiger partial charge is 0.339 e. The molecule has 1 aromatic heterocycles. The van der Waals surface area contributed by atoms with Crippen LogP contribution in [-0.4, -0.2) is 16.2 Å². The van der Waals surface area contributed by atoms with Gasteiger partial charge >= 0.3 is 0 Å². The highest BCUT2D eigenvalue weighted by atomic mass is 16.5. The molecule has 0 amide bonds. The molecule has 3 rings (SSSR count). The van der Waals surface area contributed by atoms with E-state index in [1.54, 1.807) is 0 Å². The van der Waals surface area contributed by atoms with E-state index in [-0.39, 0.29) is 0 Å². The van der Waals surface area contributed by atoms with Crippen LogP contribution < -0.4 is 5.73 Å². The highest BCUT2D eigenvalue weighted by Crippen LogP contribution is 2.38. The van der Waals surface area contributed by atoms with Gasteiger partial charge in [-0.3, -0.25) is 0 Å². The molecule has 2 aliphatic rings. The van der Waals surface area contributed by atoms with Gasteiger partial charge in [-0.1, -0.05) is 12.1 Å². The molecule has 0 spiro atoms. The first-order chi connectivity index (χ1) is 8.72. The molecule has 2 atom stereocenters. The zero-order valence-electron chi connectivity index (χ0n) is 11.1. The zero-order chi connectivity index (χ0) is 12.5. The summed E-state index contributed by atoms with van der Waals surface area (Å²) in [4.78, 5) is 4.66. The van der Waals surface area contributed by atoms with Crippen LogP contribution in [0.5, 0.6) is 0 Å². The van der Waals surface area contributed by atoms with Crippen LogP contribution in [0.3, 0.4) is 0 Å². The number of hydrogen-bond donors (Lipinski definition) is 1. The molecule has 4 heteroatoms. The maximum atomic E-state index is 5.93. The third-order valence-corrected chi connectivity index (χ3v) is 4.64. The Morgan fingerprint density at radius 1 is 1.06 bits per heavy atom. The second-order valence-corrected chi connectivity index (χ2v) is 6.22. The molecule has 100 valence electrons. The van der Waals surface area contributed by atoms with Crippen molar-refractivity contribution in [2.45, 2.75) is 69.7 Å². The highest BCUT2D eigenvalue weighted by Gasteiger charge is 2.29. The van der Waals surface area contributed by atoms with Crippen LogP contribution in [-0.2, 0) is 0 Å². The fourth-order valence-corrected chi connectivity index (χ4v) is 3.39. The summed E-state index contributed by atoms with van der Waals surface area (Å²) in [6.07, 6.45) is 8.11. The summed E-state index contributed by atoms with van der Waals surface area (Å²) in [5, 5.41) is 4.21. The minimum absolute atomic E-state index is 0.374. The molecule has 18 heavy (non-hydrogen) atoms. The molecule has 2 fully saturated rings. The fraction of sp³-hybridized carbons (Fsp3) is 0.857. The van der Waals surface area contributed by atoms with E-state index in [1.807, 2.05) is 0 Å². The van der Waals surface area contributed by atoms with E-state index < -0.39 is 0 Å². The lowest BCUT2D eigenvalue weighted by Crippen LogP contribution is -2.25. The van der Waals surface area contributed by atoms with E-state index in [4.69, 9.17) is 10.3 Å². The Morgan fingerprint density at radius 2 is 1.78 bits per heavy atom. The summed E-state index contributed by atoms with van der Waals surface area (Å²) in [6, 6.07) is 0.374. The lowest BCUT2D eigenvalue weighted by atomic mass is 9.86. The average molecular weight is 249 g/mol. The van der Waals surface area contributed by atoms with Crippen LogP contribution in [0.25, 0.3) is 0 Å².